The number of anilines is 1. The summed E-state index contributed by atoms with van der Waals surface area (Å²) in [5.74, 6) is 2.46. The average molecular weight is 285 g/mol. The van der Waals surface area contributed by atoms with Gasteiger partial charge in [0.05, 0.1) is 7.11 Å². The summed E-state index contributed by atoms with van der Waals surface area (Å²) in [5, 5.41) is 1.08. The molecule has 0 saturated carbocycles. The van der Waals surface area contributed by atoms with Gasteiger partial charge in [0, 0.05) is 24.5 Å². The zero-order chi connectivity index (χ0) is 11.4. The Kier molecular flexibility index (Phi) is 4.04. The molecule has 1 aliphatic heterocycles. The summed E-state index contributed by atoms with van der Waals surface area (Å²) < 4.78 is 5.15. The van der Waals surface area contributed by atoms with Crippen LogP contribution in [0.2, 0.25) is 0 Å². The van der Waals surface area contributed by atoms with E-state index in [1.54, 1.807) is 7.11 Å². The van der Waals surface area contributed by atoms with Crippen LogP contribution in [-0.4, -0.2) is 30.5 Å². The van der Waals surface area contributed by atoms with Crippen LogP contribution in [0.3, 0.4) is 0 Å². The molecule has 1 saturated heterocycles. The summed E-state index contributed by atoms with van der Waals surface area (Å²) >= 11 is 3.57. The van der Waals surface area contributed by atoms with Gasteiger partial charge in [-0.15, -0.1) is 0 Å². The van der Waals surface area contributed by atoms with Crippen LogP contribution >= 0.6 is 15.9 Å². The molecule has 0 aliphatic carbocycles. The fourth-order valence-electron chi connectivity index (χ4n) is 2.09. The lowest BCUT2D eigenvalue weighted by molar-refractivity contribution is 0.395. The zero-order valence-corrected chi connectivity index (χ0v) is 11.1. The number of pyridine rings is 1. The van der Waals surface area contributed by atoms with Gasteiger partial charge in [-0.3, -0.25) is 0 Å². The second-order valence-electron chi connectivity index (χ2n) is 4.15. The second kappa shape index (κ2) is 5.53. The monoisotopic (exact) mass is 284 g/mol. The number of hydrogen-bond donors (Lipinski definition) is 0. The number of halogens is 1. The fourth-order valence-corrected chi connectivity index (χ4v) is 2.62. The van der Waals surface area contributed by atoms with Crippen LogP contribution in [0.15, 0.2) is 18.2 Å². The van der Waals surface area contributed by atoms with Crippen molar-refractivity contribution in [1.82, 2.24) is 4.98 Å². The fraction of sp³-hybridized carbons (Fsp3) is 0.583. The molecular formula is C12H17BrN2O. The summed E-state index contributed by atoms with van der Waals surface area (Å²) in [4.78, 5) is 6.82. The van der Waals surface area contributed by atoms with Gasteiger partial charge < -0.3 is 9.64 Å². The smallest absolute Gasteiger partial charge is 0.214 e. The first-order chi connectivity index (χ1) is 7.83. The van der Waals surface area contributed by atoms with E-state index in [1.165, 1.54) is 12.8 Å². The number of hydrogen-bond acceptors (Lipinski definition) is 3. The minimum atomic E-state index is 0.693. The third-order valence-corrected chi connectivity index (χ3v) is 3.89. The molecule has 0 aromatic carbocycles. The number of nitrogens with zero attached hydrogens (tertiary/aromatic N) is 2. The topological polar surface area (TPSA) is 25.4 Å². The Labute approximate surface area is 105 Å². The van der Waals surface area contributed by atoms with E-state index in [9.17, 15) is 0 Å². The van der Waals surface area contributed by atoms with Crippen molar-refractivity contribution in [2.24, 2.45) is 5.92 Å². The lowest BCUT2D eigenvalue weighted by atomic mass is 10.0. The molecule has 3 nitrogen and oxygen atoms in total. The highest BCUT2D eigenvalue weighted by molar-refractivity contribution is 9.09. The predicted octanol–water partition coefficient (Wildman–Crippen LogP) is 2.70. The highest BCUT2D eigenvalue weighted by atomic mass is 79.9. The normalized spacial score (nSPS) is 20.9. The molecule has 1 unspecified atom stereocenters. The van der Waals surface area contributed by atoms with Gasteiger partial charge in [0.2, 0.25) is 5.88 Å². The van der Waals surface area contributed by atoms with Crippen LogP contribution < -0.4 is 9.64 Å². The lowest BCUT2D eigenvalue weighted by Crippen LogP contribution is -2.36. The van der Waals surface area contributed by atoms with Crippen LogP contribution in [0.25, 0.3) is 0 Å². The molecule has 16 heavy (non-hydrogen) atoms. The Hall–Kier alpha value is -0.770. The first-order valence-electron chi connectivity index (χ1n) is 5.65. The number of aromatic nitrogens is 1. The number of ether oxygens (including phenoxy) is 1. The van der Waals surface area contributed by atoms with Crippen molar-refractivity contribution < 1.29 is 4.74 Å². The van der Waals surface area contributed by atoms with Gasteiger partial charge in [0.1, 0.15) is 5.82 Å². The lowest BCUT2D eigenvalue weighted by Gasteiger charge is -2.32. The second-order valence-corrected chi connectivity index (χ2v) is 4.79. The van der Waals surface area contributed by atoms with Gasteiger partial charge in [-0.1, -0.05) is 22.0 Å². The third-order valence-electron chi connectivity index (χ3n) is 2.98. The maximum atomic E-state index is 5.15. The molecule has 1 atom stereocenters. The zero-order valence-electron chi connectivity index (χ0n) is 9.53. The summed E-state index contributed by atoms with van der Waals surface area (Å²) in [6.07, 6.45) is 2.56. The molecule has 4 heteroatoms. The van der Waals surface area contributed by atoms with E-state index in [1.807, 2.05) is 12.1 Å². The van der Waals surface area contributed by atoms with Crippen LogP contribution in [0.1, 0.15) is 12.8 Å². The van der Waals surface area contributed by atoms with Crippen LogP contribution in [-0.2, 0) is 0 Å². The van der Waals surface area contributed by atoms with Crippen molar-refractivity contribution in [2.45, 2.75) is 12.8 Å². The Morgan fingerprint density at radius 3 is 3.19 bits per heavy atom. The molecule has 0 bridgehead atoms. The van der Waals surface area contributed by atoms with E-state index < -0.39 is 0 Å². The SMILES string of the molecule is COc1cccc(N2CCCC(CBr)C2)n1. The third kappa shape index (κ3) is 2.67. The molecule has 0 spiro atoms. The Morgan fingerprint density at radius 1 is 1.56 bits per heavy atom. The Balaban J connectivity index is 2.10. The van der Waals surface area contributed by atoms with E-state index in [2.05, 4.69) is 31.9 Å². The van der Waals surface area contributed by atoms with Crippen molar-refractivity contribution >= 4 is 21.7 Å². The van der Waals surface area contributed by atoms with Gasteiger partial charge in [-0.05, 0) is 24.8 Å². The molecule has 1 aliphatic rings. The summed E-state index contributed by atoms with van der Waals surface area (Å²) in [6, 6.07) is 5.94. The summed E-state index contributed by atoms with van der Waals surface area (Å²) in [6.45, 7) is 2.19. The molecule has 0 radical (unpaired) electrons. The Morgan fingerprint density at radius 2 is 2.44 bits per heavy atom. The highest BCUT2D eigenvalue weighted by Crippen LogP contribution is 2.24. The maximum Gasteiger partial charge on any atom is 0.214 e. The average Bonchev–Trinajstić information content (AvgIpc) is 2.39. The van der Waals surface area contributed by atoms with E-state index >= 15 is 0 Å². The molecule has 1 fully saturated rings. The molecule has 1 aromatic heterocycles. The van der Waals surface area contributed by atoms with Crippen molar-refractivity contribution in [3.05, 3.63) is 18.2 Å². The van der Waals surface area contributed by atoms with Crippen molar-refractivity contribution in [3.63, 3.8) is 0 Å². The van der Waals surface area contributed by atoms with Gasteiger partial charge in [-0.2, -0.15) is 4.98 Å². The van der Waals surface area contributed by atoms with Crippen LogP contribution in [0.5, 0.6) is 5.88 Å². The first kappa shape index (κ1) is 11.7. The van der Waals surface area contributed by atoms with E-state index in [4.69, 9.17) is 4.74 Å². The molecule has 1 aromatic rings. The van der Waals surface area contributed by atoms with Crippen molar-refractivity contribution in [3.8, 4) is 5.88 Å². The molecule has 0 N–H and O–H groups in total. The van der Waals surface area contributed by atoms with Gasteiger partial charge in [-0.25, -0.2) is 0 Å². The van der Waals surface area contributed by atoms with E-state index in [-0.39, 0.29) is 0 Å². The van der Waals surface area contributed by atoms with E-state index in [0.717, 1.165) is 30.2 Å². The van der Waals surface area contributed by atoms with Gasteiger partial charge >= 0.3 is 0 Å². The number of methoxy groups -OCH3 is 1. The summed E-state index contributed by atoms with van der Waals surface area (Å²) in [5.41, 5.74) is 0. The van der Waals surface area contributed by atoms with Crippen molar-refractivity contribution in [2.75, 3.05) is 30.4 Å². The van der Waals surface area contributed by atoms with Crippen LogP contribution in [0, 0.1) is 5.92 Å². The minimum absolute atomic E-state index is 0.693. The largest absolute Gasteiger partial charge is 0.481 e. The predicted molar refractivity (Wildman–Crippen MR) is 69.5 cm³/mol. The van der Waals surface area contributed by atoms with Crippen LogP contribution in [0.4, 0.5) is 5.82 Å². The first-order valence-corrected chi connectivity index (χ1v) is 6.77. The van der Waals surface area contributed by atoms with Crippen molar-refractivity contribution in [1.29, 1.82) is 0 Å². The van der Waals surface area contributed by atoms with E-state index in [0.29, 0.717) is 5.88 Å². The van der Waals surface area contributed by atoms with Gasteiger partial charge in [0.15, 0.2) is 0 Å². The molecule has 2 heterocycles. The standard InChI is InChI=1S/C12H17BrN2O/c1-16-12-6-2-5-11(14-12)15-7-3-4-10(8-13)9-15/h2,5-6,10H,3-4,7-9H2,1H3. The molecular weight excluding hydrogens is 268 g/mol. The number of rotatable bonds is 3. The molecule has 0 amide bonds. The maximum absolute atomic E-state index is 5.15. The van der Waals surface area contributed by atoms with Gasteiger partial charge in [0.25, 0.3) is 0 Å². The highest BCUT2D eigenvalue weighted by Gasteiger charge is 2.20. The molecule has 88 valence electrons. The molecule has 2 rings (SSSR count). The quantitative estimate of drug-likeness (QED) is 0.798. The summed E-state index contributed by atoms with van der Waals surface area (Å²) in [7, 11) is 1.66. The Bertz CT molecular complexity index is 346. The number of alkyl halides is 1. The minimum Gasteiger partial charge on any atom is -0.481 e. The number of piperidine rings is 1.